The summed E-state index contributed by atoms with van der Waals surface area (Å²) >= 11 is 3.41. The quantitative estimate of drug-likeness (QED) is 0.616. The van der Waals surface area contributed by atoms with Crippen LogP contribution in [0.2, 0.25) is 0 Å². The van der Waals surface area contributed by atoms with E-state index in [1.807, 2.05) is 18.2 Å². The topological polar surface area (TPSA) is 35.5 Å². The van der Waals surface area contributed by atoms with Crippen LogP contribution in [-0.4, -0.2) is 20.2 Å². The summed E-state index contributed by atoms with van der Waals surface area (Å²) in [5, 5.41) is 0. The van der Waals surface area contributed by atoms with Crippen molar-refractivity contribution < 1.29 is 14.3 Å². The molecular weight excluding hydrogens is 272 g/mol. The molecule has 0 saturated heterocycles. The molecule has 1 fully saturated rings. The van der Waals surface area contributed by atoms with Gasteiger partial charge in [0.15, 0.2) is 6.79 Å². The Kier molecular flexibility index (Phi) is 3.30. The number of methoxy groups -OCH3 is 1. The second-order valence-electron chi connectivity index (χ2n) is 3.97. The fraction of sp³-hybridized carbons (Fsp3) is 0.417. The Morgan fingerprint density at radius 2 is 2.25 bits per heavy atom. The first-order valence-electron chi connectivity index (χ1n) is 5.10. The second-order valence-corrected chi connectivity index (χ2v) is 4.88. The number of benzene rings is 1. The number of carbonyl (C=O) groups excluding carboxylic acids is 1. The van der Waals surface area contributed by atoms with Crippen LogP contribution in [0.3, 0.4) is 0 Å². The molecule has 1 aliphatic carbocycles. The molecule has 0 heterocycles. The number of ether oxygens (including phenoxy) is 2. The average Bonchev–Trinajstić information content (AvgIpc) is 3.08. The van der Waals surface area contributed by atoms with Gasteiger partial charge in [-0.25, -0.2) is 0 Å². The van der Waals surface area contributed by atoms with E-state index >= 15 is 0 Å². The van der Waals surface area contributed by atoms with E-state index in [1.165, 1.54) is 0 Å². The van der Waals surface area contributed by atoms with Crippen LogP contribution >= 0.6 is 15.9 Å². The van der Waals surface area contributed by atoms with E-state index < -0.39 is 0 Å². The van der Waals surface area contributed by atoms with E-state index in [0.717, 1.165) is 34.9 Å². The molecule has 1 aliphatic rings. The van der Waals surface area contributed by atoms with E-state index in [0.29, 0.717) is 0 Å². The molecule has 1 saturated carbocycles. The molecule has 0 bridgehead atoms. The van der Waals surface area contributed by atoms with E-state index in [2.05, 4.69) is 15.9 Å². The van der Waals surface area contributed by atoms with Crippen molar-refractivity contribution in [2.45, 2.75) is 18.3 Å². The van der Waals surface area contributed by atoms with Gasteiger partial charge in [-0.3, -0.25) is 0 Å². The molecule has 16 heavy (non-hydrogen) atoms. The van der Waals surface area contributed by atoms with Crippen molar-refractivity contribution >= 4 is 22.2 Å². The highest BCUT2D eigenvalue weighted by Crippen LogP contribution is 2.50. The minimum atomic E-state index is -0.327. The summed E-state index contributed by atoms with van der Waals surface area (Å²) < 4.78 is 11.3. The lowest BCUT2D eigenvalue weighted by molar-refractivity contribution is -0.109. The SMILES string of the molecule is COCOc1ccc(Br)cc1C1(C=O)CC1. The molecule has 0 N–H and O–H groups in total. The molecule has 1 aromatic rings. The molecule has 1 aromatic carbocycles. The van der Waals surface area contributed by atoms with Crippen LogP contribution in [0.1, 0.15) is 18.4 Å². The molecule has 2 rings (SSSR count). The lowest BCUT2D eigenvalue weighted by Crippen LogP contribution is -2.11. The molecule has 0 radical (unpaired) electrons. The molecule has 86 valence electrons. The first kappa shape index (κ1) is 11.6. The average molecular weight is 285 g/mol. The van der Waals surface area contributed by atoms with Crippen LogP contribution in [0, 0.1) is 0 Å². The van der Waals surface area contributed by atoms with Gasteiger partial charge in [-0.2, -0.15) is 0 Å². The van der Waals surface area contributed by atoms with E-state index in [1.54, 1.807) is 7.11 Å². The van der Waals surface area contributed by atoms with Crippen LogP contribution < -0.4 is 4.74 Å². The third-order valence-corrected chi connectivity index (χ3v) is 3.32. The molecule has 0 spiro atoms. The minimum Gasteiger partial charge on any atom is -0.467 e. The van der Waals surface area contributed by atoms with Gasteiger partial charge in [0.1, 0.15) is 12.0 Å². The summed E-state index contributed by atoms with van der Waals surface area (Å²) in [6, 6.07) is 5.71. The first-order chi connectivity index (χ1) is 7.72. The summed E-state index contributed by atoms with van der Waals surface area (Å²) in [7, 11) is 1.57. The molecule has 0 unspecified atom stereocenters. The number of carbonyl (C=O) groups is 1. The Morgan fingerprint density at radius 1 is 1.50 bits per heavy atom. The third kappa shape index (κ3) is 2.13. The van der Waals surface area contributed by atoms with E-state index in [9.17, 15) is 4.79 Å². The van der Waals surface area contributed by atoms with Gasteiger partial charge in [0, 0.05) is 17.1 Å². The highest BCUT2D eigenvalue weighted by molar-refractivity contribution is 9.10. The van der Waals surface area contributed by atoms with Crippen molar-refractivity contribution in [1.29, 1.82) is 0 Å². The molecular formula is C12H13BrO3. The summed E-state index contributed by atoms with van der Waals surface area (Å²) in [6.07, 6.45) is 2.82. The lowest BCUT2D eigenvalue weighted by atomic mass is 9.97. The van der Waals surface area contributed by atoms with Crippen LogP contribution in [0.4, 0.5) is 0 Å². The maximum Gasteiger partial charge on any atom is 0.188 e. The van der Waals surface area contributed by atoms with Gasteiger partial charge in [-0.15, -0.1) is 0 Å². The normalized spacial score (nSPS) is 16.9. The Morgan fingerprint density at radius 3 is 2.81 bits per heavy atom. The number of halogens is 1. The molecule has 0 atom stereocenters. The maximum atomic E-state index is 11.1. The summed E-state index contributed by atoms with van der Waals surface area (Å²) in [5.41, 5.74) is 0.626. The van der Waals surface area contributed by atoms with Gasteiger partial charge in [0.05, 0.1) is 5.41 Å². The second kappa shape index (κ2) is 4.55. The highest BCUT2D eigenvalue weighted by Gasteiger charge is 2.46. The number of hydrogen-bond donors (Lipinski definition) is 0. The van der Waals surface area contributed by atoms with Crippen molar-refractivity contribution in [3.63, 3.8) is 0 Å². The van der Waals surface area contributed by atoms with Crippen LogP contribution in [0.15, 0.2) is 22.7 Å². The lowest BCUT2D eigenvalue weighted by Gasteiger charge is -2.15. The van der Waals surface area contributed by atoms with Gasteiger partial charge in [0.2, 0.25) is 0 Å². The Hall–Kier alpha value is -0.870. The van der Waals surface area contributed by atoms with Crippen molar-refractivity contribution in [2.75, 3.05) is 13.9 Å². The Bertz CT molecular complexity index is 399. The number of hydrogen-bond acceptors (Lipinski definition) is 3. The van der Waals surface area contributed by atoms with Gasteiger partial charge in [-0.1, -0.05) is 15.9 Å². The van der Waals surface area contributed by atoms with Crippen LogP contribution in [-0.2, 0) is 14.9 Å². The van der Waals surface area contributed by atoms with E-state index in [-0.39, 0.29) is 12.2 Å². The smallest absolute Gasteiger partial charge is 0.188 e. The zero-order valence-corrected chi connectivity index (χ0v) is 10.6. The van der Waals surface area contributed by atoms with Gasteiger partial charge in [0.25, 0.3) is 0 Å². The molecule has 4 heteroatoms. The van der Waals surface area contributed by atoms with E-state index in [4.69, 9.17) is 9.47 Å². The monoisotopic (exact) mass is 284 g/mol. The Balaban J connectivity index is 2.33. The fourth-order valence-corrected chi connectivity index (χ4v) is 2.09. The zero-order chi connectivity index (χ0) is 11.6. The van der Waals surface area contributed by atoms with Crippen LogP contribution in [0.25, 0.3) is 0 Å². The Labute approximate surface area is 103 Å². The standard InChI is InChI=1S/C12H13BrO3/c1-15-8-16-11-3-2-9(13)6-10(11)12(7-14)4-5-12/h2-3,6-7H,4-5,8H2,1H3. The largest absolute Gasteiger partial charge is 0.467 e. The van der Waals surface area contributed by atoms with Crippen molar-refractivity contribution in [2.24, 2.45) is 0 Å². The van der Waals surface area contributed by atoms with Crippen LogP contribution in [0.5, 0.6) is 5.75 Å². The van der Waals surface area contributed by atoms with Crippen molar-refractivity contribution in [3.05, 3.63) is 28.2 Å². The zero-order valence-electron chi connectivity index (χ0n) is 9.03. The summed E-state index contributed by atoms with van der Waals surface area (Å²) in [6.45, 7) is 0.198. The molecule has 0 aromatic heterocycles. The predicted octanol–water partition coefficient (Wildman–Crippen LogP) is 2.66. The first-order valence-corrected chi connectivity index (χ1v) is 5.89. The van der Waals surface area contributed by atoms with Gasteiger partial charge < -0.3 is 14.3 Å². The molecule has 3 nitrogen and oxygen atoms in total. The molecule has 0 aliphatic heterocycles. The maximum absolute atomic E-state index is 11.1. The number of aldehydes is 1. The highest BCUT2D eigenvalue weighted by atomic mass is 79.9. The summed E-state index contributed by atoms with van der Waals surface area (Å²) in [5.74, 6) is 0.731. The fourth-order valence-electron chi connectivity index (χ4n) is 1.72. The summed E-state index contributed by atoms with van der Waals surface area (Å²) in [4.78, 5) is 11.1. The van der Waals surface area contributed by atoms with Gasteiger partial charge >= 0.3 is 0 Å². The van der Waals surface area contributed by atoms with Crippen molar-refractivity contribution in [3.8, 4) is 5.75 Å². The predicted molar refractivity (Wildman–Crippen MR) is 63.6 cm³/mol. The van der Waals surface area contributed by atoms with Crippen molar-refractivity contribution in [1.82, 2.24) is 0 Å². The number of rotatable bonds is 5. The van der Waals surface area contributed by atoms with Gasteiger partial charge in [-0.05, 0) is 31.0 Å². The minimum absolute atomic E-state index is 0.198. The third-order valence-electron chi connectivity index (χ3n) is 2.82. The molecule has 0 amide bonds.